The predicted octanol–water partition coefficient (Wildman–Crippen LogP) is 3.70. The van der Waals surface area contributed by atoms with E-state index in [2.05, 4.69) is 32.1 Å². The van der Waals surface area contributed by atoms with Gasteiger partial charge in [0.2, 0.25) is 0 Å². The SMILES string of the molecule is CC1=CC=CC2(C)CCC(C(C)(C)O)CC12. The summed E-state index contributed by atoms with van der Waals surface area (Å²) in [6.07, 6.45) is 10.3. The van der Waals surface area contributed by atoms with E-state index in [4.69, 9.17) is 0 Å². The molecule has 1 fully saturated rings. The average Bonchev–Trinajstić information content (AvgIpc) is 2.15. The van der Waals surface area contributed by atoms with Crippen LogP contribution < -0.4 is 0 Å². The lowest BCUT2D eigenvalue weighted by Gasteiger charge is -2.47. The van der Waals surface area contributed by atoms with Crippen molar-refractivity contribution in [3.05, 3.63) is 23.8 Å². The second-order valence-corrected chi connectivity index (χ2v) is 6.45. The van der Waals surface area contributed by atoms with Crippen LogP contribution in [-0.2, 0) is 0 Å². The van der Waals surface area contributed by atoms with E-state index in [-0.39, 0.29) is 0 Å². The topological polar surface area (TPSA) is 20.2 Å². The van der Waals surface area contributed by atoms with Crippen molar-refractivity contribution in [1.82, 2.24) is 0 Å². The van der Waals surface area contributed by atoms with Gasteiger partial charge in [0.05, 0.1) is 5.60 Å². The van der Waals surface area contributed by atoms with Crippen LogP contribution >= 0.6 is 0 Å². The molecule has 0 radical (unpaired) electrons. The van der Waals surface area contributed by atoms with Crippen LogP contribution in [-0.4, -0.2) is 10.7 Å². The van der Waals surface area contributed by atoms with Gasteiger partial charge < -0.3 is 5.11 Å². The van der Waals surface area contributed by atoms with Crippen molar-refractivity contribution in [3.63, 3.8) is 0 Å². The summed E-state index contributed by atoms with van der Waals surface area (Å²) >= 11 is 0. The van der Waals surface area contributed by atoms with Crippen molar-refractivity contribution in [1.29, 1.82) is 0 Å². The van der Waals surface area contributed by atoms with Crippen molar-refractivity contribution in [2.45, 2.75) is 52.6 Å². The molecule has 3 atom stereocenters. The summed E-state index contributed by atoms with van der Waals surface area (Å²) in [6.45, 7) is 8.51. The molecule has 0 aromatic rings. The van der Waals surface area contributed by atoms with Crippen LogP contribution in [0.2, 0.25) is 0 Å². The standard InChI is InChI=1S/C15H24O/c1-11-6-5-8-15(4)9-7-12(10-13(11)15)14(2,3)16/h5-6,8,12-13,16H,7,9-10H2,1-4H3. The first kappa shape index (κ1) is 11.9. The molecule has 0 amide bonds. The third-order valence-corrected chi connectivity index (χ3v) is 4.73. The van der Waals surface area contributed by atoms with Gasteiger partial charge in [0, 0.05) is 0 Å². The second kappa shape index (κ2) is 3.73. The third kappa shape index (κ3) is 1.98. The Kier molecular flexibility index (Phi) is 2.78. The van der Waals surface area contributed by atoms with Crippen LogP contribution in [0.1, 0.15) is 47.0 Å². The highest BCUT2D eigenvalue weighted by atomic mass is 16.3. The monoisotopic (exact) mass is 220 g/mol. The molecular formula is C15H24O. The summed E-state index contributed by atoms with van der Waals surface area (Å²) in [7, 11) is 0. The molecule has 0 aliphatic heterocycles. The summed E-state index contributed by atoms with van der Waals surface area (Å²) in [6, 6.07) is 0. The summed E-state index contributed by atoms with van der Waals surface area (Å²) < 4.78 is 0. The van der Waals surface area contributed by atoms with Crippen LogP contribution in [0.5, 0.6) is 0 Å². The number of hydrogen-bond acceptors (Lipinski definition) is 1. The van der Waals surface area contributed by atoms with E-state index in [1.54, 1.807) is 0 Å². The molecule has 3 unspecified atom stereocenters. The van der Waals surface area contributed by atoms with Crippen LogP contribution in [0.3, 0.4) is 0 Å². The van der Waals surface area contributed by atoms with Crippen molar-refractivity contribution < 1.29 is 5.11 Å². The molecule has 1 heteroatoms. The van der Waals surface area contributed by atoms with Crippen molar-refractivity contribution in [3.8, 4) is 0 Å². The van der Waals surface area contributed by atoms with Crippen molar-refractivity contribution in [2.24, 2.45) is 17.3 Å². The minimum Gasteiger partial charge on any atom is -0.390 e. The molecule has 0 bridgehead atoms. The highest BCUT2D eigenvalue weighted by Gasteiger charge is 2.43. The lowest BCUT2D eigenvalue weighted by molar-refractivity contribution is -0.0249. The molecule has 1 N–H and O–H groups in total. The third-order valence-electron chi connectivity index (χ3n) is 4.73. The van der Waals surface area contributed by atoms with Gasteiger partial charge in [0.1, 0.15) is 0 Å². The van der Waals surface area contributed by atoms with Gasteiger partial charge in [-0.05, 0) is 57.3 Å². The highest BCUT2D eigenvalue weighted by Crippen LogP contribution is 2.51. The van der Waals surface area contributed by atoms with Crippen LogP contribution in [0, 0.1) is 17.3 Å². The van der Waals surface area contributed by atoms with Gasteiger partial charge in [-0.1, -0.05) is 30.7 Å². The Bertz CT molecular complexity index is 332. The number of hydrogen-bond donors (Lipinski definition) is 1. The molecule has 0 heterocycles. The van der Waals surface area contributed by atoms with Crippen LogP contribution in [0.15, 0.2) is 23.8 Å². The summed E-state index contributed by atoms with van der Waals surface area (Å²) in [5, 5.41) is 10.2. The minimum atomic E-state index is -0.525. The van der Waals surface area contributed by atoms with E-state index in [0.717, 1.165) is 12.8 Å². The van der Waals surface area contributed by atoms with Crippen molar-refractivity contribution in [2.75, 3.05) is 0 Å². The van der Waals surface area contributed by atoms with Crippen molar-refractivity contribution >= 4 is 0 Å². The zero-order chi connectivity index (χ0) is 12.0. The zero-order valence-electron chi connectivity index (χ0n) is 11.0. The Morgan fingerprint density at radius 1 is 1.44 bits per heavy atom. The van der Waals surface area contributed by atoms with Gasteiger partial charge in [0.15, 0.2) is 0 Å². The van der Waals surface area contributed by atoms with Crippen LogP contribution in [0.25, 0.3) is 0 Å². The largest absolute Gasteiger partial charge is 0.390 e. The first-order valence-corrected chi connectivity index (χ1v) is 6.41. The van der Waals surface area contributed by atoms with Gasteiger partial charge in [-0.3, -0.25) is 0 Å². The fourth-order valence-electron chi connectivity index (χ4n) is 3.41. The number of fused-ring (bicyclic) bond motifs is 1. The first-order chi connectivity index (χ1) is 7.33. The van der Waals surface area contributed by atoms with Gasteiger partial charge in [-0.2, -0.15) is 0 Å². The molecule has 2 aliphatic rings. The molecule has 2 aliphatic carbocycles. The van der Waals surface area contributed by atoms with E-state index in [1.165, 1.54) is 12.0 Å². The fourth-order valence-corrected chi connectivity index (χ4v) is 3.41. The van der Waals surface area contributed by atoms with E-state index in [9.17, 15) is 5.11 Å². The molecule has 0 saturated heterocycles. The normalized spacial score (nSPS) is 39.2. The number of rotatable bonds is 1. The molecular weight excluding hydrogens is 196 g/mol. The molecule has 2 rings (SSSR count). The summed E-state index contributed by atoms with van der Waals surface area (Å²) in [4.78, 5) is 0. The molecule has 1 nitrogen and oxygen atoms in total. The van der Waals surface area contributed by atoms with E-state index >= 15 is 0 Å². The Hall–Kier alpha value is -0.560. The Morgan fingerprint density at radius 2 is 2.12 bits per heavy atom. The lowest BCUT2D eigenvalue weighted by Crippen LogP contribution is -2.42. The Morgan fingerprint density at radius 3 is 2.75 bits per heavy atom. The lowest BCUT2D eigenvalue weighted by atomic mass is 9.58. The predicted molar refractivity (Wildman–Crippen MR) is 68.1 cm³/mol. The molecule has 0 aromatic heterocycles. The van der Waals surface area contributed by atoms with E-state index in [1.807, 2.05) is 13.8 Å². The van der Waals surface area contributed by atoms with Crippen LogP contribution in [0.4, 0.5) is 0 Å². The van der Waals surface area contributed by atoms with Gasteiger partial charge in [-0.25, -0.2) is 0 Å². The smallest absolute Gasteiger partial charge is 0.0620 e. The van der Waals surface area contributed by atoms with Gasteiger partial charge >= 0.3 is 0 Å². The van der Waals surface area contributed by atoms with Gasteiger partial charge in [0.25, 0.3) is 0 Å². The zero-order valence-corrected chi connectivity index (χ0v) is 11.0. The molecule has 0 spiro atoms. The Labute approximate surface area is 99.3 Å². The average molecular weight is 220 g/mol. The maximum absolute atomic E-state index is 10.2. The highest BCUT2D eigenvalue weighted by molar-refractivity contribution is 5.26. The molecule has 90 valence electrons. The fraction of sp³-hybridized carbons (Fsp3) is 0.733. The van der Waals surface area contributed by atoms with E-state index in [0.29, 0.717) is 17.3 Å². The summed E-state index contributed by atoms with van der Waals surface area (Å²) in [5.74, 6) is 1.07. The molecule has 16 heavy (non-hydrogen) atoms. The minimum absolute atomic E-state index is 0.334. The maximum Gasteiger partial charge on any atom is 0.0620 e. The first-order valence-electron chi connectivity index (χ1n) is 6.41. The van der Waals surface area contributed by atoms with E-state index < -0.39 is 5.60 Å². The Balaban J connectivity index is 2.21. The number of allylic oxidation sites excluding steroid dienone is 4. The van der Waals surface area contributed by atoms with Gasteiger partial charge in [-0.15, -0.1) is 0 Å². The quantitative estimate of drug-likeness (QED) is 0.714. The second-order valence-electron chi connectivity index (χ2n) is 6.45. The molecule has 1 saturated carbocycles. The maximum atomic E-state index is 10.2. The number of aliphatic hydroxyl groups is 1. The summed E-state index contributed by atoms with van der Waals surface area (Å²) in [5.41, 5.74) is 1.29. The molecule has 0 aromatic carbocycles.